The highest BCUT2D eigenvalue weighted by Gasteiger charge is 2.32. The molecule has 0 aliphatic carbocycles. The van der Waals surface area contributed by atoms with Crippen molar-refractivity contribution in [3.8, 4) is 0 Å². The van der Waals surface area contributed by atoms with Crippen LogP contribution in [0.2, 0.25) is 0 Å². The summed E-state index contributed by atoms with van der Waals surface area (Å²) in [5.41, 5.74) is -0.173. The smallest absolute Gasteiger partial charge is 0.107 e. The quantitative estimate of drug-likeness (QED) is 0.516. The molecule has 0 spiro atoms. The zero-order valence-electron chi connectivity index (χ0n) is 9.76. The van der Waals surface area contributed by atoms with Gasteiger partial charge in [-0.05, 0) is 12.8 Å². The van der Waals surface area contributed by atoms with E-state index in [0.29, 0.717) is 6.61 Å². The Morgan fingerprint density at radius 3 is 3.07 bits per heavy atom. The van der Waals surface area contributed by atoms with Crippen LogP contribution in [-0.4, -0.2) is 38.5 Å². The Morgan fingerprint density at radius 2 is 2.47 bits per heavy atom. The van der Waals surface area contributed by atoms with Crippen LogP contribution in [0.3, 0.4) is 0 Å². The van der Waals surface area contributed by atoms with Crippen LogP contribution in [0.1, 0.15) is 26.2 Å². The summed E-state index contributed by atoms with van der Waals surface area (Å²) in [7, 11) is 0. The summed E-state index contributed by atoms with van der Waals surface area (Å²) in [6.45, 7) is 10.0. The standard InChI is InChI=1S/C12H23NO2/c1-3-5-8-14-11-12(6-4-2)10-13-7-9-15-12/h4,13H,2-3,5-11H2,1H3/t12-/m0/s1. The molecule has 1 aliphatic rings. The van der Waals surface area contributed by atoms with E-state index >= 15 is 0 Å². The molecule has 1 aliphatic heterocycles. The summed E-state index contributed by atoms with van der Waals surface area (Å²) in [5, 5.41) is 3.35. The maximum Gasteiger partial charge on any atom is 0.107 e. The van der Waals surface area contributed by atoms with Crippen molar-refractivity contribution < 1.29 is 9.47 Å². The van der Waals surface area contributed by atoms with Gasteiger partial charge in [0.25, 0.3) is 0 Å². The molecule has 0 saturated carbocycles. The molecule has 15 heavy (non-hydrogen) atoms. The third-order valence-electron chi connectivity index (χ3n) is 2.66. The van der Waals surface area contributed by atoms with Gasteiger partial charge in [-0.2, -0.15) is 0 Å². The predicted octanol–water partition coefficient (Wildman–Crippen LogP) is 1.74. The van der Waals surface area contributed by atoms with Crippen LogP contribution in [0.4, 0.5) is 0 Å². The molecule has 1 rings (SSSR count). The van der Waals surface area contributed by atoms with Gasteiger partial charge in [0.05, 0.1) is 13.2 Å². The number of morpholine rings is 1. The molecule has 1 atom stereocenters. The Balaban J connectivity index is 2.31. The lowest BCUT2D eigenvalue weighted by molar-refractivity contribution is -0.110. The van der Waals surface area contributed by atoms with E-state index in [1.54, 1.807) is 0 Å². The summed E-state index contributed by atoms with van der Waals surface area (Å²) >= 11 is 0. The van der Waals surface area contributed by atoms with Crippen LogP contribution < -0.4 is 5.32 Å². The first kappa shape index (κ1) is 12.7. The fourth-order valence-electron chi connectivity index (χ4n) is 1.76. The second-order valence-electron chi connectivity index (χ2n) is 4.11. The normalized spacial score (nSPS) is 26.5. The first-order valence-corrected chi connectivity index (χ1v) is 5.86. The zero-order valence-corrected chi connectivity index (χ0v) is 9.76. The first-order chi connectivity index (χ1) is 7.33. The highest BCUT2D eigenvalue weighted by Crippen LogP contribution is 2.19. The molecule has 3 heteroatoms. The number of ether oxygens (including phenoxy) is 2. The van der Waals surface area contributed by atoms with Crippen molar-refractivity contribution in [2.45, 2.75) is 31.8 Å². The van der Waals surface area contributed by atoms with Crippen molar-refractivity contribution in [3.05, 3.63) is 12.7 Å². The summed E-state index contributed by atoms with van der Waals surface area (Å²) in [6.07, 6.45) is 5.06. The number of hydrogen-bond donors (Lipinski definition) is 1. The second-order valence-corrected chi connectivity index (χ2v) is 4.11. The van der Waals surface area contributed by atoms with Crippen LogP contribution in [0.25, 0.3) is 0 Å². The lowest BCUT2D eigenvalue weighted by atomic mass is 9.99. The highest BCUT2D eigenvalue weighted by molar-refractivity contribution is 4.92. The largest absolute Gasteiger partial charge is 0.378 e. The maximum absolute atomic E-state index is 5.83. The third-order valence-corrected chi connectivity index (χ3v) is 2.66. The van der Waals surface area contributed by atoms with E-state index in [1.165, 1.54) is 6.42 Å². The van der Waals surface area contributed by atoms with E-state index in [1.807, 2.05) is 6.08 Å². The van der Waals surface area contributed by atoms with Crippen LogP contribution >= 0.6 is 0 Å². The highest BCUT2D eigenvalue weighted by atomic mass is 16.5. The third kappa shape index (κ3) is 4.33. The predicted molar refractivity (Wildman–Crippen MR) is 62.1 cm³/mol. The van der Waals surface area contributed by atoms with Crippen molar-refractivity contribution in [2.75, 3.05) is 32.9 Å². The van der Waals surface area contributed by atoms with Crippen molar-refractivity contribution in [1.29, 1.82) is 0 Å². The molecule has 0 aromatic rings. The molecule has 1 saturated heterocycles. The van der Waals surface area contributed by atoms with Crippen LogP contribution in [-0.2, 0) is 9.47 Å². The number of nitrogens with one attached hydrogen (secondary N) is 1. The van der Waals surface area contributed by atoms with Gasteiger partial charge >= 0.3 is 0 Å². The van der Waals surface area contributed by atoms with Gasteiger partial charge in [-0.3, -0.25) is 0 Å². The second kappa shape index (κ2) is 6.99. The van der Waals surface area contributed by atoms with E-state index in [2.05, 4.69) is 18.8 Å². The summed E-state index contributed by atoms with van der Waals surface area (Å²) < 4.78 is 11.5. The Bertz CT molecular complexity index is 176. The summed E-state index contributed by atoms with van der Waals surface area (Å²) in [4.78, 5) is 0. The molecule has 0 radical (unpaired) electrons. The summed E-state index contributed by atoms with van der Waals surface area (Å²) in [5.74, 6) is 0. The Labute approximate surface area is 92.8 Å². The lowest BCUT2D eigenvalue weighted by Crippen LogP contribution is -2.52. The Kier molecular flexibility index (Phi) is 5.91. The molecular formula is C12H23NO2. The van der Waals surface area contributed by atoms with Crippen molar-refractivity contribution >= 4 is 0 Å². The summed E-state index contributed by atoms with van der Waals surface area (Å²) in [6, 6.07) is 0. The van der Waals surface area contributed by atoms with Gasteiger partial charge in [0.1, 0.15) is 5.60 Å². The molecule has 3 nitrogen and oxygen atoms in total. The lowest BCUT2D eigenvalue weighted by Gasteiger charge is -2.36. The van der Waals surface area contributed by atoms with Crippen molar-refractivity contribution in [1.82, 2.24) is 5.32 Å². The molecule has 1 fully saturated rings. The molecule has 0 amide bonds. The van der Waals surface area contributed by atoms with Crippen LogP contribution in [0.5, 0.6) is 0 Å². The van der Waals surface area contributed by atoms with Crippen molar-refractivity contribution in [2.24, 2.45) is 0 Å². The van der Waals surface area contributed by atoms with Crippen LogP contribution in [0, 0.1) is 0 Å². The first-order valence-electron chi connectivity index (χ1n) is 5.86. The van der Waals surface area contributed by atoms with E-state index in [0.717, 1.165) is 39.1 Å². The molecule has 1 N–H and O–H groups in total. The van der Waals surface area contributed by atoms with Gasteiger partial charge in [0, 0.05) is 19.7 Å². The van der Waals surface area contributed by atoms with Gasteiger partial charge in [-0.1, -0.05) is 19.4 Å². The fraction of sp³-hybridized carbons (Fsp3) is 0.833. The minimum atomic E-state index is -0.173. The minimum Gasteiger partial charge on any atom is -0.378 e. The number of rotatable bonds is 7. The van der Waals surface area contributed by atoms with E-state index < -0.39 is 0 Å². The average Bonchev–Trinajstić information content (AvgIpc) is 2.26. The molecular weight excluding hydrogens is 190 g/mol. The Hall–Kier alpha value is -0.380. The van der Waals surface area contributed by atoms with Gasteiger partial charge < -0.3 is 14.8 Å². The molecule has 0 bridgehead atoms. The van der Waals surface area contributed by atoms with Gasteiger partial charge in [-0.15, -0.1) is 6.58 Å². The topological polar surface area (TPSA) is 30.5 Å². The van der Waals surface area contributed by atoms with E-state index in [-0.39, 0.29) is 5.60 Å². The monoisotopic (exact) mass is 213 g/mol. The average molecular weight is 213 g/mol. The van der Waals surface area contributed by atoms with Gasteiger partial charge in [0.2, 0.25) is 0 Å². The molecule has 0 aromatic carbocycles. The Morgan fingerprint density at radius 1 is 1.60 bits per heavy atom. The maximum atomic E-state index is 5.83. The SMILES string of the molecule is C=CC[C@@]1(COCCCC)CNCCO1. The van der Waals surface area contributed by atoms with Gasteiger partial charge in [0.15, 0.2) is 0 Å². The zero-order chi connectivity index (χ0) is 11.0. The van der Waals surface area contributed by atoms with E-state index in [9.17, 15) is 0 Å². The molecule has 0 aromatic heterocycles. The van der Waals surface area contributed by atoms with Gasteiger partial charge in [-0.25, -0.2) is 0 Å². The van der Waals surface area contributed by atoms with E-state index in [4.69, 9.17) is 9.47 Å². The number of hydrogen-bond acceptors (Lipinski definition) is 3. The van der Waals surface area contributed by atoms with Crippen molar-refractivity contribution in [3.63, 3.8) is 0 Å². The van der Waals surface area contributed by atoms with Crippen LogP contribution in [0.15, 0.2) is 12.7 Å². The molecule has 0 unspecified atom stereocenters. The molecule has 1 heterocycles. The molecule has 88 valence electrons. The minimum absolute atomic E-state index is 0.173. The number of unbranched alkanes of at least 4 members (excludes halogenated alkanes) is 1. The fourth-order valence-corrected chi connectivity index (χ4v) is 1.76.